The highest BCUT2D eigenvalue weighted by Gasteiger charge is 2.03. The summed E-state index contributed by atoms with van der Waals surface area (Å²) in [5, 5.41) is 13.7. The lowest BCUT2D eigenvalue weighted by atomic mass is 10.2. The topological polar surface area (TPSA) is 101 Å². The summed E-state index contributed by atoms with van der Waals surface area (Å²) >= 11 is 0. The Labute approximate surface area is 86.8 Å². The van der Waals surface area contributed by atoms with Crippen LogP contribution in [0.15, 0.2) is 29.7 Å². The monoisotopic (exact) mass is 208 g/mol. The fourth-order valence-electron chi connectivity index (χ4n) is 0.959. The fourth-order valence-corrected chi connectivity index (χ4v) is 0.959. The number of pyridine rings is 1. The maximum atomic E-state index is 11.4. The van der Waals surface area contributed by atoms with Crippen molar-refractivity contribution in [2.75, 3.05) is 6.54 Å². The van der Waals surface area contributed by atoms with Gasteiger partial charge in [0.05, 0.1) is 0 Å². The third-order valence-corrected chi connectivity index (χ3v) is 1.74. The van der Waals surface area contributed by atoms with Gasteiger partial charge in [-0.25, -0.2) is 0 Å². The van der Waals surface area contributed by atoms with Crippen molar-refractivity contribution in [3.63, 3.8) is 0 Å². The summed E-state index contributed by atoms with van der Waals surface area (Å²) in [4.78, 5) is 15.2. The minimum Gasteiger partial charge on any atom is -0.409 e. The van der Waals surface area contributed by atoms with Gasteiger partial charge in [0.1, 0.15) is 5.84 Å². The van der Waals surface area contributed by atoms with Crippen LogP contribution in [-0.4, -0.2) is 28.5 Å². The first kappa shape index (κ1) is 11.0. The minimum absolute atomic E-state index is 0.0880. The second-order valence-corrected chi connectivity index (χ2v) is 2.83. The van der Waals surface area contributed by atoms with Crippen molar-refractivity contribution in [3.05, 3.63) is 30.1 Å². The van der Waals surface area contributed by atoms with Gasteiger partial charge in [0.2, 0.25) is 0 Å². The van der Waals surface area contributed by atoms with Crippen LogP contribution >= 0.6 is 0 Å². The first-order chi connectivity index (χ1) is 7.24. The summed E-state index contributed by atoms with van der Waals surface area (Å²) in [6.07, 6.45) is 3.39. The molecule has 80 valence electrons. The van der Waals surface area contributed by atoms with Crippen LogP contribution in [0.4, 0.5) is 0 Å². The molecule has 6 nitrogen and oxygen atoms in total. The van der Waals surface area contributed by atoms with Crippen LogP contribution in [0.25, 0.3) is 0 Å². The van der Waals surface area contributed by atoms with E-state index in [0.29, 0.717) is 18.5 Å². The van der Waals surface area contributed by atoms with Crippen LogP contribution in [0.1, 0.15) is 16.8 Å². The molecule has 0 saturated carbocycles. The Morgan fingerprint density at radius 3 is 2.80 bits per heavy atom. The van der Waals surface area contributed by atoms with Gasteiger partial charge in [-0.3, -0.25) is 9.78 Å². The number of amidine groups is 1. The quantitative estimate of drug-likeness (QED) is 0.279. The Morgan fingerprint density at radius 2 is 2.20 bits per heavy atom. The van der Waals surface area contributed by atoms with Gasteiger partial charge in [0.25, 0.3) is 5.91 Å². The number of amides is 1. The molecule has 0 radical (unpaired) electrons. The van der Waals surface area contributed by atoms with Crippen molar-refractivity contribution in [1.29, 1.82) is 0 Å². The van der Waals surface area contributed by atoms with Crippen molar-refractivity contribution in [2.45, 2.75) is 6.42 Å². The van der Waals surface area contributed by atoms with Gasteiger partial charge in [-0.05, 0) is 12.1 Å². The molecule has 0 saturated heterocycles. The highest BCUT2D eigenvalue weighted by atomic mass is 16.4. The SMILES string of the molecule is NC(CCNC(=O)c1ccncc1)=NO. The number of oxime groups is 1. The third-order valence-electron chi connectivity index (χ3n) is 1.74. The molecule has 6 heteroatoms. The second-order valence-electron chi connectivity index (χ2n) is 2.83. The number of rotatable bonds is 4. The molecular weight excluding hydrogens is 196 g/mol. The lowest BCUT2D eigenvalue weighted by Gasteiger charge is -2.03. The summed E-state index contributed by atoms with van der Waals surface area (Å²) in [6.45, 7) is 0.330. The molecule has 0 aromatic carbocycles. The molecule has 0 unspecified atom stereocenters. The summed E-state index contributed by atoms with van der Waals surface area (Å²) < 4.78 is 0. The van der Waals surface area contributed by atoms with E-state index < -0.39 is 0 Å². The summed E-state index contributed by atoms with van der Waals surface area (Å²) in [5.74, 6) is -0.117. The summed E-state index contributed by atoms with van der Waals surface area (Å²) in [6, 6.07) is 3.22. The highest BCUT2D eigenvalue weighted by Crippen LogP contribution is 1.95. The number of nitrogens with one attached hydrogen (secondary N) is 1. The first-order valence-electron chi connectivity index (χ1n) is 4.38. The van der Waals surface area contributed by atoms with Crippen molar-refractivity contribution >= 4 is 11.7 Å². The Kier molecular flexibility index (Phi) is 4.08. The molecule has 1 rings (SSSR count). The van der Waals surface area contributed by atoms with Crippen molar-refractivity contribution in [1.82, 2.24) is 10.3 Å². The number of hydrogen-bond donors (Lipinski definition) is 3. The molecule has 1 aromatic rings. The standard InChI is InChI=1S/C9H12N4O2/c10-8(13-15)3-6-12-9(14)7-1-4-11-5-2-7/h1-2,4-5,15H,3,6H2,(H2,10,13)(H,12,14). The number of hydrogen-bond acceptors (Lipinski definition) is 4. The van der Waals surface area contributed by atoms with Crippen molar-refractivity contribution in [2.24, 2.45) is 10.9 Å². The molecule has 0 aliphatic heterocycles. The molecule has 0 aliphatic carbocycles. The second kappa shape index (κ2) is 5.58. The van der Waals surface area contributed by atoms with Gasteiger partial charge in [0.15, 0.2) is 0 Å². The Bertz CT molecular complexity index is 350. The summed E-state index contributed by atoms with van der Waals surface area (Å²) in [5.41, 5.74) is 5.77. The molecule has 0 spiro atoms. The van der Waals surface area contributed by atoms with Gasteiger partial charge in [0, 0.05) is 30.9 Å². The average Bonchev–Trinajstić information content (AvgIpc) is 2.29. The zero-order valence-electron chi connectivity index (χ0n) is 8.05. The number of carbonyl (C=O) groups is 1. The zero-order chi connectivity index (χ0) is 11.1. The van der Waals surface area contributed by atoms with Gasteiger partial charge >= 0.3 is 0 Å². The Balaban J connectivity index is 2.38. The van der Waals surface area contributed by atoms with Crippen LogP contribution in [0, 0.1) is 0 Å². The van der Waals surface area contributed by atoms with Gasteiger partial charge in [-0.15, -0.1) is 0 Å². The number of aromatic nitrogens is 1. The van der Waals surface area contributed by atoms with E-state index in [1.165, 1.54) is 0 Å². The van der Waals surface area contributed by atoms with E-state index in [0.717, 1.165) is 0 Å². The van der Waals surface area contributed by atoms with E-state index in [1.54, 1.807) is 24.5 Å². The van der Waals surface area contributed by atoms with E-state index >= 15 is 0 Å². The number of nitrogens with zero attached hydrogens (tertiary/aromatic N) is 2. The summed E-state index contributed by atoms with van der Waals surface area (Å²) in [7, 11) is 0. The Morgan fingerprint density at radius 1 is 1.53 bits per heavy atom. The first-order valence-corrected chi connectivity index (χ1v) is 4.38. The molecule has 0 atom stereocenters. The smallest absolute Gasteiger partial charge is 0.251 e. The lowest BCUT2D eigenvalue weighted by molar-refractivity contribution is 0.0954. The third kappa shape index (κ3) is 3.63. The van der Waals surface area contributed by atoms with Crippen LogP contribution < -0.4 is 11.1 Å². The molecule has 0 fully saturated rings. The fraction of sp³-hybridized carbons (Fsp3) is 0.222. The molecule has 1 amide bonds. The van der Waals surface area contributed by atoms with E-state index in [1.807, 2.05) is 0 Å². The zero-order valence-corrected chi connectivity index (χ0v) is 8.05. The minimum atomic E-state index is -0.205. The molecule has 1 aromatic heterocycles. The van der Waals surface area contributed by atoms with Crippen LogP contribution in [-0.2, 0) is 0 Å². The molecule has 1 heterocycles. The molecule has 15 heavy (non-hydrogen) atoms. The van der Waals surface area contributed by atoms with Gasteiger partial charge in [-0.1, -0.05) is 5.16 Å². The van der Waals surface area contributed by atoms with Crippen LogP contribution in [0.2, 0.25) is 0 Å². The van der Waals surface area contributed by atoms with Crippen molar-refractivity contribution < 1.29 is 10.0 Å². The molecular formula is C9H12N4O2. The molecule has 4 N–H and O–H groups in total. The van der Waals surface area contributed by atoms with E-state index in [9.17, 15) is 4.79 Å². The van der Waals surface area contributed by atoms with E-state index in [4.69, 9.17) is 10.9 Å². The predicted molar refractivity (Wildman–Crippen MR) is 54.6 cm³/mol. The van der Waals surface area contributed by atoms with Crippen molar-refractivity contribution in [3.8, 4) is 0 Å². The Hall–Kier alpha value is -2.11. The van der Waals surface area contributed by atoms with E-state index in [2.05, 4.69) is 15.5 Å². The maximum absolute atomic E-state index is 11.4. The van der Waals surface area contributed by atoms with Crippen LogP contribution in [0.5, 0.6) is 0 Å². The van der Waals surface area contributed by atoms with Gasteiger partial charge < -0.3 is 16.3 Å². The lowest BCUT2D eigenvalue weighted by Crippen LogP contribution is -2.27. The van der Waals surface area contributed by atoms with Gasteiger partial charge in [-0.2, -0.15) is 0 Å². The number of nitrogens with two attached hydrogens (primary N) is 1. The largest absolute Gasteiger partial charge is 0.409 e. The predicted octanol–water partition coefficient (Wildman–Crippen LogP) is -0.0521. The normalized spacial score (nSPS) is 11.1. The average molecular weight is 208 g/mol. The number of carbonyl (C=O) groups excluding carboxylic acids is 1. The van der Waals surface area contributed by atoms with E-state index in [-0.39, 0.29) is 11.7 Å². The molecule has 0 bridgehead atoms. The van der Waals surface area contributed by atoms with Crippen LogP contribution in [0.3, 0.4) is 0 Å². The highest BCUT2D eigenvalue weighted by molar-refractivity contribution is 5.94. The molecule has 0 aliphatic rings. The maximum Gasteiger partial charge on any atom is 0.251 e.